The molecule has 2 heterocycles. The molecule has 1 fully saturated rings. The molecule has 0 aliphatic carbocycles. The van der Waals surface area contributed by atoms with Crippen LogP contribution in [0.1, 0.15) is 69.5 Å². The fraction of sp³-hybridized carbons (Fsp3) is 0.438. The van der Waals surface area contributed by atoms with Crippen LogP contribution < -0.4 is 10.2 Å². The average Bonchev–Trinajstić information content (AvgIpc) is 2.99. The van der Waals surface area contributed by atoms with E-state index >= 15 is 0 Å². The second-order valence-electron chi connectivity index (χ2n) is 10.5. The first-order chi connectivity index (χ1) is 19.9. The summed E-state index contributed by atoms with van der Waals surface area (Å²) in [5.74, 6) is 0.999. The van der Waals surface area contributed by atoms with Gasteiger partial charge in [0.05, 0.1) is 11.8 Å². The lowest BCUT2D eigenvalue weighted by Crippen LogP contribution is -2.54. The fourth-order valence-electron chi connectivity index (χ4n) is 5.15. The summed E-state index contributed by atoms with van der Waals surface area (Å²) in [7, 11) is 0. The van der Waals surface area contributed by atoms with Gasteiger partial charge in [-0.25, -0.2) is 9.97 Å². The third kappa shape index (κ3) is 9.20. The molecule has 2 amide bonds. The molecule has 218 valence electrons. The Hall–Kier alpha value is -3.10. The van der Waals surface area contributed by atoms with Gasteiger partial charge >= 0.3 is 0 Å². The quantitative estimate of drug-likeness (QED) is 0.105. The summed E-state index contributed by atoms with van der Waals surface area (Å²) >= 11 is 7.65. The summed E-state index contributed by atoms with van der Waals surface area (Å²) < 4.78 is 0. The van der Waals surface area contributed by atoms with Crippen LogP contribution in [0.4, 0.5) is 5.82 Å². The van der Waals surface area contributed by atoms with E-state index in [1.165, 1.54) is 31.0 Å². The molecule has 1 atom stereocenters. The molecule has 9 heteroatoms. The number of unbranched alkanes of at least 4 members (excludes halogenated alkanes) is 4. The molecule has 2 aromatic carbocycles. The lowest BCUT2D eigenvalue weighted by molar-refractivity contribution is -0.133. The van der Waals surface area contributed by atoms with Gasteiger partial charge in [0.2, 0.25) is 11.8 Å². The number of carbonyl (C=O) groups is 2. The molecule has 1 N–H and O–H groups in total. The predicted molar refractivity (Wildman–Crippen MR) is 167 cm³/mol. The van der Waals surface area contributed by atoms with Crippen molar-refractivity contribution in [1.82, 2.24) is 20.2 Å². The Morgan fingerprint density at radius 2 is 1.63 bits per heavy atom. The molecule has 1 aliphatic heterocycles. The number of anilines is 1. The molecule has 0 radical (unpaired) electrons. The molecule has 1 aliphatic rings. The van der Waals surface area contributed by atoms with E-state index in [0.717, 1.165) is 29.8 Å². The third-order valence-corrected chi connectivity index (χ3v) is 8.37. The highest BCUT2D eigenvalue weighted by molar-refractivity contribution is 7.99. The van der Waals surface area contributed by atoms with Crippen molar-refractivity contribution in [3.05, 3.63) is 83.0 Å². The number of hydrogen-bond donors (Lipinski definition) is 1. The molecular weight excluding hydrogens is 554 g/mol. The van der Waals surface area contributed by atoms with Crippen molar-refractivity contribution < 1.29 is 9.59 Å². The first-order valence-electron chi connectivity index (χ1n) is 14.6. The highest BCUT2D eigenvalue weighted by Gasteiger charge is 2.28. The van der Waals surface area contributed by atoms with Gasteiger partial charge in [0, 0.05) is 38.2 Å². The molecule has 1 saturated heterocycles. The highest BCUT2D eigenvalue weighted by atomic mass is 35.5. The SMILES string of the molecule is CCCCCCCC(=O)N1CCN(c2cc(Cl)nc(SCC(=O)NC(c3ccccc3)c3ccccc3)n2)C[C@@H]1C. The van der Waals surface area contributed by atoms with Gasteiger partial charge in [-0.15, -0.1) is 0 Å². The molecular formula is C32H40ClN5O2S. The zero-order valence-corrected chi connectivity index (χ0v) is 25.5. The Morgan fingerprint density at radius 1 is 0.976 bits per heavy atom. The summed E-state index contributed by atoms with van der Waals surface area (Å²) in [4.78, 5) is 39.1. The van der Waals surface area contributed by atoms with Gasteiger partial charge in [0.1, 0.15) is 11.0 Å². The molecule has 0 bridgehead atoms. The molecule has 7 nitrogen and oxygen atoms in total. The van der Waals surface area contributed by atoms with E-state index in [-0.39, 0.29) is 29.7 Å². The van der Waals surface area contributed by atoms with E-state index in [1.54, 1.807) is 6.07 Å². The van der Waals surface area contributed by atoms with Crippen LogP contribution in [0.15, 0.2) is 71.9 Å². The van der Waals surface area contributed by atoms with Crippen molar-refractivity contribution in [2.75, 3.05) is 30.3 Å². The number of nitrogens with one attached hydrogen (secondary N) is 1. The van der Waals surface area contributed by atoms with Crippen molar-refractivity contribution in [3.63, 3.8) is 0 Å². The number of nitrogens with zero attached hydrogens (tertiary/aromatic N) is 4. The van der Waals surface area contributed by atoms with Gasteiger partial charge in [0.15, 0.2) is 5.16 Å². The maximum Gasteiger partial charge on any atom is 0.231 e. The maximum atomic E-state index is 13.0. The van der Waals surface area contributed by atoms with Gasteiger partial charge in [0.25, 0.3) is 0 Å². The van der Waals surface area contributed by atoms with Gasteiger partial charge < -0.3 is 15.1 Å². The zero-order valence-electron chi connectivity index (χ0n) is 24.0. The first kappa shape index (κ1) is 30.8. The minimum atomic E-state index is -0.252. The molecule has 0 unspecified atom stereocenters. The molecule has 1 aromatic heterocycles. The minimum absolute atomic E-state index is 0.0791. The largest absolute Gasteiger partial charge is 0.353 e. The number of thioether (sulfide) groups is 1. The van der Waals surface area contributed by atoms with Crippen LogP contribution in [0, 0.1) is 0 Å². The second kappa shape index (κ2) is 15.8. The van der Waals surface area contributed by atoms with Crippen LogP contribution in [0.3, 0.4) is 0 Å². The fourth-order valence-corrected chi connectivity index (χ4v) is 6.05. The smallest absolute Gasteiger partial charge is 0.231 e. The predicted octanol–water partition coefficient (Wildman–Crippen LogP) is 6.53. The Kier molecular flexibility index (Phi) is 11.9. The van der Waals surface area contributed by atoms with Crippen molar-refractivity contribution >= 4 is 41.0 Å². The minimum Gasteiger partial charge on any atom is -0.353 e. The van der Waals surface area contributed by atoms with E-state index < -0.39 is 0 Å². The van der Waals surface area contributed by atoms with E-state index in [1.807, 2.05) is 65.6 Å². The molecule has 3 aromatic rings. The highest BCUT2D eigenvalue weighted by Crippen LogP contribution is 2.26. The summed E-state index contributed by atoms with van der Waals surface area (Å²) in [5.41, 5.74) is 2.03. The Bertz CT molecular complexity index is 1220. The number of aromatic nitrogens is 2. The summed E-state index contributed by atoms with van der Waals surface area (Å²) in [5, 5.41) is 3.95. The first-order valence-corrected chi connectivity index (χ1v) is 15.9. The van der Waals surface area contributed by atoms with Crippen LogP contribution >= 0.6 is 23.4 Å². The summed E-state index contributed by atoms with van der Waals surface area (Å²) in [6.07, 6.45) is 6.33. The van der Waals surface area contributed by atoms with Crippen LogP contribution in [0.5, 0.6) is 0 Å². The topological polar surface area (TPSA) is 78.4 Å². The zero-order chi connectivity index (χ0) is 29.0. The maximum absolute atomic E-state index is 13.0. The normalized spacial score (nSPS) is 15.3. The number of halogens is 1. The van der Waals surface area contributed by atoms with Gasteiger partial charge in [-0.05, 0) is 24.5 Å². The lowest BCUT2D eigenvalue weighted by Gasteiger charge is -2.40. The Labute approximate surface area is 253 Å². The monoisotopic (exact) mass is 593 g/mol. The number of benzene rings is 2. The average molecular weight is 594 g/mol. The second-order valence-corrected chi connectivity index (χ2v) is 11.8. The molecule has 41 heavy (non-hydrogen) atoms. The Balaban J connectivity index is 1.33. The van der Waals surface area contributed by atoms with Crippen LogP contribution in [0.2, 0.25) is 5.15 Å². The molecule has 4 rings (SSSR count). The summed E-state index contributed by atoms with van der Waals surface area (Å²) in [6.45, 7) is 6.29. The van der Waals surface area contributed by atoms with Crippen LogP contribution in [-0.2, 0) is 9.59 Å². The van der Waals surface area contributed by atoms with Crippen molar-refractivity contribution in [2.24, 2.45) is 0 Å². The van der Waals surface area contributed by atoms with Crippen LogP contribution in [0.25, 0.3) is 0 Å². The van der Waals surface area contributed by atoms with Crippen molar-refractivity contribution in [1.29, 1.82) is 0 Å². The third-order valence-electron chi connectivity index (χ3n) is 7.33. The van der Waals surface area contributed by atoms with E-state index in [4.69, 9.17) is 16.6 Å². The molecule has 0 spiro atoms. The number of piperazine rings is 1. The van der Waals surface area contributed by atoms with E-state index in [2.05, 4.69) is 29.0 Å². The standard InChI is InChI=1S/C32H40ClN5O2S/c1-3-4-5-6-13-18-30(40)38-20-19-37(22-24(38)2)28-21-27(33)34-32(35-28)41-23-29(39)36-31(25-14-9-7-10-15-25)26-16-11-8-12-17-26/h7-12,14-17,21,24,31H,3-6,13,18-20,22-23H2,1-2H3,(H,36,39)/t24-/m0/s1. The molecule has 0 saturated carbocycles. The summed E-state index contributed by atoms with van der Waals surface area (Å²) in [6, 6.07) is 21.4. The number of rotatable bonds is 13. The lowest BCUT2D eigenvalue weighted by atomic mass is 9.99. The van der Waals surface area contributed by atoms with Gasteiger partial charge in [-0.3, -0.25) is 9.59 Å². The van der Waals surface area contributed by atoms with Crippen LogP contribution in [-0.4, -0.2) is 58.1 Å². The van der Waals surface area contributed by atoms with Crippen molar-refractivity contribution in [3.8, 4) is 0 Å². The van der Waals surface area contributed by atoms with Gasteiger partial charge in [-0.2, -0.15) is 0 Å². The van der Waals surface area contributed by atoms with E-state index in [0.29, 0.717) is 36.4 Å². The number of amides is 2. The van der Waals surface area contributed by atoms with Crippen molar-refractivity contribution in [2.45, 2.75) is 69.6 Å². The van der Waals surface area contributed by atoms with Gasteiger partial charge in [-0.1, -0.05) is 117 Å². The number of hydrogen-bond acceptors (Lipinski definition) is 6. The Morgan fingerprint density at radius 3 is 2.27 bits per heavy atom. The number of carbonyl (C=O) groups excluding carboxylic acids is 2. The van der Waals surface area contributed by atoms with E-state index in [9.17, 15) is 9.59 Å².